The van der Waals surface area contributed by atoms with Crippen molar-refractivity contribution in [3.8, 4) is 0 Å². The molecule has 2 N–H and O–H groups in total. The molecule has 4 rings (SSSR count). The van der Waals surface area contributed by atoms with E-state index in [-0.39, 0.29) is 11.9 Å². The number of anilines is 2. The van der Waals surface area contributed by atoms with Gasteiger partial charge in [-0.25, -0.2) is 4.79 Å². The Morgan fingerprint density at radius 2 is 1.62 bits per heavy atom. The summed E-state index contributed by atoms with van der Waals surface area (Å²) in [4.78, 5) is 27.2. The molecule has 0 unspecified atom stereocenters. The Hall–Kier alpha value is -2.08. The first-order valence-corrected chi connectivity index (χ1v) is 8.82. The summed E-state index contributed by atoms with van der Waals surface area (Å²) in [5, 5.41) is 5.87. The molecule has 128 valence electrons. The molecular formula is C18H24N4O2. The Balaban J connectivity index is 1.41. The fourth-order valence-corrected chi connectivity index (χ4v) is 4.12. The second-order valence-electron chi connectivity index (χ2n) is 7.19. The number of urea groups is 1. The van der Waals surface area contributed by atoms with Crippen LogP contribution < -0.4 is 20.4 Å². The van der Waals surface area contributed by atoms with Crippen LogP contribution in [0.15, 0.2) is 24.3 Å². The molecule has 6 nitrogen and oxygen atoms in total. The van der Waals surface area contributed by atoms with Gasteiger partial charge in [0.05, 0.1) is 0 Å². The van der Waals surface area contributed by atoms with Gasteiger partial charge >= 0.3 is 6.03 Å². The third-order valence-electron chi connectivity index (χ3n) is 5.74. The van der Waals surface area contributed by atoms with Crippen molar-refractivity contribution < 1.29 is 9.59 Å². The Labute approximate surface area is 142 Å². The molecule has 3 aliphatic rings. The highest BCUT2D eigenvalue weighted by Crippen LogP contribution is 2.38. The van der Waals surface area contributed by atoms with E-state index in [4.69, 9.17) is 0 Å². The highest BCUT2D eigenvalue weighted by molar-refractivity contribution is 6.05. The highest BCUT2D eigenvalue weighted by Gasteiger charge is 2.37. The Morgan fingerprint density at radius 1 is 0.917 bits per heavy atom. The van der Waals surface area contributed by atoms with Gasteiger partial charge < -0.3 is 10.2 Å². The van der Waals surface area contributed by atoms with Crippen molar-refractivity contribution in [2.24, 2.45) is 5.41 Å². The molecule has 1 spiro atoms. The molecule has 3 saturated heterocycles. The molecule has 1 aromatic carbocycles. The number of benzene rings is 1. The summed E-state index contributed by atoms with van der Waals surface area (Å²) in [7, 11) is 0. The number of carbonyl (C=O) groups is 2. The van der Waals surface area contributed by atoms with E-state index in [9.17, 15) is 9.59 Å². The van der Waals surface area contributed by atoms with E-state index < -0.39 is 0 Å². The van der Waals surface area contributed by atoms with Crippen LogP contribution in [-0.4, -0.2) is 44.7 Å². The standard InChI is InChI=1S/C18H24N4O2/c23-16-5-10-22(17(24)20-16)15-3-1-14(2-4-15)21-11-7-18(8-12-21)6-9-19-13-18/h1-4,19H,5-13H2,(H,20,23,24). The van der Waals surface area contributed by atoms with Crippen LogP contribution in [0.5, 0.6) is 0 Å². The van der Waals surface area contributed by atoms with Gasteiger partial charge in [0.25, 0.3) is 0 Å². The summed E-state index contributed by atoms with van der Waals surface area (Å²) < 4.78 is 0. The first-order chi connectivity index (χ1) is 11.7. The van der Waals surface area contributed by atoms with Crippen LogP contribution in [0.2, 0.25) is 0 Å². The monoisotopic (exact) mass is 328 g/mol. The molecule has 0 atom stereocenters. The lowest BCUT2D eigenvalue weighted by Crippen LogP contribution is -2.49. The SMILES string of the molecule is O=C1CCN(c2ccc(N3CCC4(CCNC4)CC3)cc2)C(=O)N1. The number of imide groups is 1. The second-order valence-corrected chi connectivity index (χ2v) is 7.19. The lowest BCUT2D eigenvalue weighted by molar-refractivity contribution is -0.120. The molecular weight excluding hydrogens is 304 g/mol. The van der Waals surface area contributed by atoms with E-state index in [0.29, 0.717) is 18.4 Å². The zero-order valence-electron chi connectivity index (χ0n) is 13.9. The van der Waals surface area contributed by atoms with Crippen molar-refractivity contribution in [1.29, 1.82) is 0 Å². The van der Waals surface area contributed by atoms with Gasteiger partial charge in [0.1, 0.15) is 0 Å². The molecule has 6 heteroatoms. The van der Waals surface area contributed by atoms with Crippen LogP contribution in [0, 0.1) is 5.41 Å². The number of rotatable bonds is 2. The highest BCUT2D eigenvalue weighted by atomic mass is 16.2. The Kier molecular flexibility index (Phi) is 3.92. The minimum Gasteiger partial charge on any atom is -0.371 e. The minimum absolute atomic E-state index is 0.198. The number of amides is 3. The van der Waals surface area contributed by atoms with Crippen LogP contribution in [-0.2, 0) is 4.79 Å². The fourth-order valence-electron chi connectivity index (χ4n) is 4.12. The van der Waals surface area contributed by atoms with Crippen molar-refractivity contribution in [1.82, 2.24) is 10.6 Å². The molecule has 3 aliphatic heterocycles. The Morgan fingerprint density at radius 3 is 2.25 bits per heavy atom. The van der Waals surface area contributed by atoms with Crippen LogP contribution in [0.25, 0.3) is 0 Å². The zero-order chi connectivity index (χ0) is 16.6. The van der Waals surface area contributed by atoms with Gasteiger partial charge in [-0.05, 0) is 55.5 Å². The van der Waals surface area contributed by atoms with Gasteiger partial charge in [0, 0.05) is 44.0 Å². The van der Waals surface area contributed by atoms with Crippen molar-refractivity contribution in [2.75, 3.05) is 42.5 Å². The summed E-state index contributed by atoms with van der Waals surface area (Å²) in [5.41, 5.74) is 2.58. The van der Waals surface area contributed by atoms with Gasteiger partial charge in [-0.15, -0.1) is 0 Å². The van der Waals surface area contributed by atoms with Crippen molar-refractivity contribution in [3.63, 3.8) is 0 Å². The summed E-state index contributed by atoms with van der Waals surface area (Å²) in [6.07, 6.45) is 4.16. The number of hydrogen-bond acceptors (Lipinski definition) is 4. The topological polar surface area (TPSA) is 64.7 Å². The molecule has 0 radical (unpaired) electrons. The lowest BCUT2D eigenvalue weighted by Gasteiger charge is -2.40. The summed E-state index contributed by atoms with van der Waals surface area (Å²) in [5.74, 6) is -0.198. The average Bonchev–Trinajstić information content (AvgIpc) is 3.04. The molecule has 0 aliphatic carbocycles. The molecule has 0 saturated carbocycles. The number of hydrogen-bond donors (Lipinski definition) is 2. The molecule has 0 bridgehead atoms. The first-order valence-electron chi connectivity index (χ1n) is 8.82. The molecule has 0 aromatic heterocycles. The van der Waals surface area contributed by atoms with E-state index in [1.807, 2.05) is 12.1 Å². The molecule has 1 aromatic rings. The third-order valence-corrected chi connectivity index (χ3v) is 5.74. The van der Waals surface area contributed by atoms with Gasteiger partial charge in [0.2, 0.25) is 5.91 Å². The summed E-state index contributed by atoms with van der Waals surface area (Å²) in [6, 6.07) is 7.80. The summed E-state index contributed by atoms with van der Waals surface area (Å²) in [6.45, 7) is 4.97. The van der Waals surface area contributed by atoms with Crippen molar-refractivity contribution in [3.05, 3.63) is 24.3 Å². The van der Waals surface area contributed by atoms with Crippen LogP contribution in [0.4, 0.5) is 16.2 Å². The predicted octanol–water partition coefficient (Wildman–Crippen LogP) is 1.71. The van der Waals surface area contributed by atoms with Crippen LogP contribution in [0.3, 0.4) is 0 Å². The number of nitrogens with zero attached hydrogens (tertiary/aromatic N) is 2. The molecule has 24 heavy (non-hydrogen) atoms. The van der Waals surface area contributed by atoms with Crippen LogP contribution >= 0.6 is 0 Å². The van der Waals surface area contributed by atoms with E-state index in [0.717, 1.165) is 25.3 Å². The molecule has 3 fully saturated rings. The van der Waals surface area contributed by atoms with Gasteiger partial charge in [-0.3, -0.25) is 15.0 Å². The first kappa shape index (κ1) is 15.4. The smallest absolute Gasteiger partial charge is 0.328 e. The largest absolute Gasteiger partial charge is 0.371 e. The Bertz CT molecular complexity index is 627. The number of nitrogens with one attached hydrogen (secondary N) is 2. The lowest BCUT2D eigenvalue weighted by atomic mass is 9.78. The normalized spacial score (nSPS) is 23.7. The van der Waals surface area contributed by atoms with Gasteiger partial charge in [-0.1, -0.05) is 0 Å². The van der Waals surface area contributed by atoms with Crippen LogP contribution in [0.1, 0.15) is 25.7 Å². The maximum absolute atomic E-state index is 11.9. The van der Waals surface area contributed by atoms with E-state index in [1.165, 1.54) is 31.5 Å². The quantitative estimate of drug-likeness (QED) is 0.867. The van der Waals surface area contributed by atoms with Gasteiger partial charge in [-0.2, -0.15) is 0 Å². The van der Waals surface area contributed by atoms with Crippen molar-refractivity contribution >= 4 is 23.3 Å². The fraction of sp³-hybridized carbons (Fsp3) is 0.556. The molecule has 3 amide bonds. The van der Waals surface area contributed by atoms with Crippen molar-refractivity contribution in [2.45, 2.75) is 25.7 Å². The predicted molar refractivity (Wildman–Crippen MR) is 93.3 cm³/mol. The number of piperidine rings is 1. The zero-order valence-corrected chi connectivity index (χ0v) is 13.9. The summed E-state index contributed by atoms with van der Waals surface area (Å²) >= 11 is 0. The minimum atomic E-state index is -0.326. The maximum Gasteiger partial charge on any atom is 0.328 e. The van der Waals surface area contributed by atoms with E-state index in [1.54, 1.807) is 4.90 Å². The van der Waals surface area contributed by atoms with Gasteiger partial charge in [0.15, 0.2) is 0 Å². The third kappa shape index (κ3) is 2.86. The van der Waals surface area contributed by atoms with E-state index in [2.05, 4.69) is 27.7 Å². The molecule has 3 heterocycles. The second kappa shape index (κ2) is 6.09. The average molecular weight is 328 g/mol. The van der Waals surface area contributed by atoms with E-state index >= 15 is 0 Å². The number of carbonyl (C=O) groups excluding carboxylic acids is 2. The maximum atomic E-state index is 11.9.